The third-order valence-electron chi connectivity index (χ3n) is 14.0. The number of esters is 1. The molecule has 1 aromatic carbocycles. The van der Waals surface area contributed by atoms with Gasteiger partial charge in [0, 0.05) is 52.0 Å². The minimum atomic E-state index is -2.51. The van der Waals surface area contributed by atoms with E-state index in [9.17, 15) is 34.5 Å². The number of cyclic esters (lactones) is 1. The molecule has 0 spiro atoms. The second-order valence-corrected chi connectivity index (χ2v) is 18.7. The fourth-order valence-electron chi connectivity index (χ4n) is 10.2. The lowest BCUT2D eigenvalue weighted by atomic mass is 9.81. The highest BCUT2D eigenvalue weighted by Gasteiger charge is 2.56. The topological polar surface area (TPSA) is 188 Å². The van der Waals surface area contributed by atoms with Crippen LogP contribution in [0.2, 0.25) is 0 Å². The fraction of sp³-hybridized carbons (Fsp3) is 0.714. The monoisotopic (exact) mass is 884 g/mol. The Bertz CT molecular complexity index is 1780. The Balaban J connectivity index is 1.48. The van der Waals surface area contributed by atoms with Gasteiger partial charge in [0.05, 0.1) is 24.4 Å². The SMILES string of the molecule is CC[C@@H]1/C=C(\C)C[C@H](C)C[C@H](OC)[C@H]2O[C@@](O)(C(=O)C(=O)N3CCCC[C@H]3C(=O)O[C@H](/C(C)=C/[C@@H]3CC[C@@H](Oc4ccc(O)cc4)[C@H](OC)C3)[C@H](C)[C@@H](O)CC1=O)[C@H](C)C[C@@H]2OC. The average Bonchev–Trinajstić information content (AvgIpc) is 3.27. The van der Waals surface area contributed by atoms with Gasteiger partial charge < -0.3 is 48.6 Å². The van der Waals surface area contributed by atoms with Gasteiger partial charge >= 0.3 is 5.97 Å². The van der Waals surface area contributed by atoms with E-state index in [4.69, 9.17) is 28.4 Å². The van der Waals surface area contributed by atoms with E-state index >= 15 is 0 Å². The second-order valence-electron chi connectivity index (χ2n) is 18.7. The van der Waals surface area contributed by atoms with Gasteiger partial charge in [-0.15, -0.1) is 0 Å². The molecule has 14 nitrogen and oxygen atoms in total. The summed E-state index contributed by atoms with van der Waals surface area (Å²) in [6, 6.07) is 5.41. The molecule has 5 rings (SSSR count). The summed E-state index contributed by atoms with van der Waals surface area (Å²) in [6.07, 6.45) is 4.29. The molecule has 0 unspecified atom stereocenters. The average molecular weight is 884 g/mol. The van der Waals surface area contributed by atoms with Crippen LogP contribution in [0.1, 0.15) is 112 Å². The van der Waals surface area contributed by atoms with Gasteiger partial charge in [-0.1, -0.05) is 45.4 Å². The number of hydrogen-bond donors (Lipinski definition) is 3. The molecule has 3 aliphatic heterocycles. The summed E-state index contributed by atoms with van der Waals surface area (Å²) in [5, 5.41) is 33.6. The summed E-state index contributed by atoms with van der Waals surface area (Å²) in [5.74, 6) is -6.82. The molecule has 1 aromatic rings. The highest BCUT2D eigenvalue weighted by atomic mass is 16.7. The number of hydrogen-bond acceptors (Lipinski definition) is 13. The molecule has 1 amide bonds. The molecular formula is C49H73NO13. The number of aliphatic hydroxyl groups is 2. The number of phenols is 1. The van der Waals surface area contributed by atoms with Gasteiger partial charge in [0.25, 0.3) is 11.7 Å². The maximum atomic E-state index is 14.5. The van der Waals surface area contributed by atoms with Crippen LogP contribution >= 0.6 is 0 Å². The van der Waals surface area contributed by atoms with Gasteiger partial charge in [0.1, 0.15) is 41.6 Å². The van der Waals surface area contributed by atoms with Gasteiger partial charge in [-0.25, -0.2) is 4.79 Å². The number of ether oxygens (including phenoxy) is 6. The summed E-state index contributed by atoms with van der Waals surface area (Å²) in [6.45, 7) is 11.3. The molecule has 352 valence electrons. The number of carbonyl (C=O) groups excluding carboxylic acids is 4. The van der Waals surface area contributed by atoms with Crippen molar-refractivity contribution in [2.24, 2.45) is 29.6 Å². The molecule has 63 heavy (non-hydrogen) atoms. The minimum absolute atomic E-state index is 0.00717. The van der Waals surface area contributed by atoms with Gasteiger partial charge in [-0.2, -0.15) is 0 Å². The second kappa shape index (κ2) is 22.5. The molecule has 2 saturated heterocycles. The number of carbonyl (C=O) groups is 4. The lowest BCUT2D eigenvalue weighted by Crippen LogP contribution is -2.64. The number of nitrogens with zero attached hydrogens (tertiary/aromatic N) is 1. The predicted molar refractivity (Wildman–Crippen MR) is 235 cm³/mol. The lowest BCUT2D eigenvalue weighted by molar-refractivity contribution is -0.302. The van der Waals surface area contributed by atoms with E-state index in [2.05, 4.69) is 6.92 Å². The van der Waals surface area contributed by atoms with E-state index in [0.29, 0.717) is 56.3 Å². The molecule has 0 aromatic heterocycles. The highest BCUT2D eigenvalue weighted by Crippen LogP contribution is 2.39. The first-order chi connectivity index (χ1) is 29.9. The predicted octanol–water partition coefficient (Wildman–Crippen LogP) is 6.27. The number of aliphatic hydroxyl groups excluding tert-OH is 1. The lowest BCUT2D eigenvalue weighted by Gasteiger charge is -2.47. The Morgan fingerprint density at radius 3 is 2.21 bits per heavy atom. The van der Waals surface area contributed by atoms with Crippen molar-refractivity contribution >= 4 is 23.4 Å². The summed E-state index contributed by atoms with van der Waals surface area (Å²) in [5.41, 5.74) is 1.66. The molecular weight excluding hydrogens is 811 g/mol. The Morgan fingerprint density at radius 2 is 1.56 bits per heavy atom. The smallest absolute Gasteiger partial charge is 0.329 e. The molecule has 14 atom stereocenters. The third kappa shape index (κ3) is 12.2. The fourth-order valence-corrected chi connectivity index (χ4v) is 10.2. The van der Waals surface area contributed by atoms with E-state index in [1.807, 2.05) is 32.9 Å². The van der Waals surface area contributed by atoms with E-state index < -0.39 is 77.8 Å². The summed E-state index contributed by atoms with van der Waals surface area (Å²) in [4.78, 5) is 58.2. The zero-order valence-corrected chi connectivity index (χ0v) is 38.8. The Labute approximate surface area is 373 Å². The largest absolute Gasteiger partial charge is 0.508 e. The summed E-state index contributed by atoms with van der Waals surface area (Å²) < 4.78 is 36.5. The van der Waals surface area contributed by atoms with Crippen LogP contribution in [-0.2, 0) is 42.9 Å². The van der Waals surface area contributed by atoms with Crippen LogP contribution in [0.3, 0.4) is 0 Å². The number of aromatic hydroxyl groups is 1. The number of benzene rings is 1. The summed E-state index contributed by atoms with van der Waals surface area (Å²) in [7, 11) is 4.70. The summed E-state index contributed by atoms with van der Waals surface area (Å²) >= 11 is 0. The molecule has 3 fully saturated rings. The van der Waals surface area contributed by atoms with Crippen molar-refractivity contribution in [2.75, 3.05) is 27.9 Å². The first-order valence-electron chi connectivity index (χ1n) is 23.0. The van der Waals surface area contributed by atoms with Crippen molar-refractivity contribution in [2.45, 2.75) is 167 Å². The normalized spacial score (nSPS) is 38.1. The van der Waals surface area contributed by atoms with Gasteiger partial charge in [-0.05, 0) is 120 Å². The highest BCUT2D eigenvalue weighted by molar-refractivity contribution is 6.39. The van der Waals surface area contributed by atoms with E-state index in [0.717, 1.165) is 12.0 Å². The number of rotatable bonds is 8. The molecule has 3 N–H and O–H groups in total. The zero-order chi connectivity index (χ0) is 46.2. The number of phenolic OH excluding ortho intramolecular Hbond substituents is 1. The van der Waals surface area contributed by atoms with Crippen molar-refractivity contribution in [1.82, 2.24) is 4.90 Å². The first kappa shape index (κ1) is 50.3. The number of amides is 1. The molecule has 3 heterocycles. The third-order valence-corrected chi connectivity index (χ3v) is 14.0. The Morgan fingerprint density at radius 1 is 0.889 bits per heavy atom. The Kier molecular flexibility index (Phi) is 18.0. The molecule has 4 aliphatic rings. The van der Waals surface area contributed by atoms with Gasteiger partial charge in [0.2, 0.25) is 5.79 Å². The molecule has 2 bridgehead atoms. The van der Waals surface area contributed by atoms with Crippen LogP contribution in [0.15, 0.2) is 47.6 Å². The van der Waals surface area contributed by atoms with Crippen LogP contribution < -0.4 is 4.74 Å². The van der Waals surface area contributed by atoms with Crippen molar-refractivity contribution in [3.8, 4) is 11.5 Å². The number of fused-ring (bicyclic) bond motifs is 3. The van der Waals surface area contributed by atoms with Crippen molar-refractivity contribution in [3.05, 3.63) is 47.6 Å². The number of allylic oxidation sites excluding steroid dienone is 3. The van der Waals surface area contributed by atoms with Gasteiger partial charge in [0.15, 0.2) is 0 Å². The van der Waals surface area contributed by atoms with E-state index in [1.165, 1.54) is 19.1 Å². The van der Waals surface area contributed by atoms with E-state index in [-0.39, 0.29) is 61.4 Å². The standard InChI is InChI=1S/C49H73NO13/c1-10-34-22-28(2)21-29(3)23-42(59-8)45-43(60-9)25-31(5)49(57,63-45)46(54)47(55)50-20-12-11-13-37(50)48(56)62-44(32(6)38(52)27-39(34)53)30(4)24-33-14-19-40(41(26-33)58-7)61-36-17-15-35(51)16-18-36/h15-18,22,24,29,31-34,37-38,40-45,51-52,57H,10-14,19-21,23,25-27H2,1-9H3/b28-22+,30-24+/t29-,31+,32+,33-,34+,37-,38-,40+,41+,42-,43-,44+,45+,49+/m0/s1. The van der Waals surface area contributed by atoms with Crippen molar-refractivity contribution in [3.63, 3.8) is 0 Å². The number of piperidine rings is 1. The van der Waals surface area contributed by atoms with Crippen LogP contribution in [-0.4, -0.2) is 126 Å². The van der Waals surface area contributed by atoms with Crippen LogP contribution in [0.25, 0.3) is 0 Å². The van der Waals surface area contributed by atoms with Gasteiger partial charge in [-0.3, -0.25) is 14.4 Å². The molecule has 1 saturated carbocycles. The Hall–Kier alpha value is -3.66. The maximum Gasteiger partial charge on any atom is 0.329 e. The van der Waals surface area contributed by atoms with E-state index in [1.54, 1.807) is 45.2 Å². The minimum Gasteiger partial charge on any atom is -0.508 e. The zero-order valence-electron chi connectivity index (χ0n) is 38.8. The number of methoxy groups -OCH3 is 3. The van der Waals surface area contributed by atoms with Crippen molar-refractivity contribution < 1.29 is 62.9 Å². The maximum absolute atomic E-state index is 14.5. The molecule has 14 heteroatoms. The van der Waals surface area contributed by atoms with Crippen molar-refractivity contribution in [1.29, 1.82) is 0 Å². The number of ketones is 2. The first-order valence-corrected chi connectivity index (χ1v) is 23.0. The quantitative estimate of drug-likeness (QED) is 0.151. The van der Waals surface area contributed by atoms with Crippen LogP contribution in [0.5, 0.6) is 11.5 Å². The van der Waals surface area contributed by atoms with Crippen LogP contribution in [0, 0.1) is 29.6 Å². The number of Topliss-reactive ketones (excluding diaryl/α,β-unsaturated/α-hetero) is 2. The molecule has 0 radical (unpaired) electrons. The molecule has 1 aliphatic carbocycles. The van der Waals surface area contributed by atoms with Crippen LogP contribution in [0.4, 0.5) is 0 Å².